The summed E-state index contributed by atoms with van der Waals surface area (Å²) < 4.78 is 5.66. The fraction of sp³-hybridized carbons (Fsp3) is 0.846. The van der Waals surface area contributed by atoms with E-state index in [1.54, 1.807) is 6.92 Å². The van der Waals surface area contributed by atoms with Crippen LogP contribution in [-0.2, 0) is 9.53 Å². The molecule has 19 heavy (non-hydrogen) atoms. The normalized spacial score (nSPS) is 27.7. The van der Waals surface area contributed by atoms with Crippen molar-refractivity contribution >= 4 is 12.0 Å². The summed E-state index contributed by atoms with van der Waals surface area (Å²) in [6, 6.07) is 0.114. The molecule has 0 spiro atoms. The average molecular weight is 270 g/mol. The van der Waals surface area contributed by atoms with Crippen molar-refractivity contribution < 1.29 is 19.4 Å². The summed E-state index contributed by atoms with van der Waals surface area (Å²) in [5.41, 5.74) is 0. The average Bonchev–Trinajstić information content (AvgIpc) is 2.86. The summed E-state index contributed by atoms with van der Waals surface area (Å²) in [5, 5.41) is 11.6. The molecule has 0 bridgehead atoms. The van der Waals surface area contributed by atoms with Crippen molar-refractivity contribution in [1.82, 2.24) is 10.2 Å². The third-order valence-corrected chi connectivity index (χ3v) is 4.02. The maximum absolute atomic E-state index is 12.1. The monoisotopic (exact) mass is 270 g/mol. The lowest BCUT2D eigenvalue weighted by molar-refractivity contribution is -0.141. The number of morpholine rings is 1. The fourth-order valence-corrected chi connectivity index (χ4v) is 2.80. The maximum atomic E-state index is 12.1. The lowest BCUT2D eigenvalue weighted by Crippen LogP contribution is -2.54. The molecule has 1 saturated heterocycles. The lowest BCUT2D eigenvalue weighted by atomic mass is 10.1. The van der Waals surface area contributed by atoms with Gasteiger partial charge in [0.15, 0.2) is 0 Å². The van der Waals surface area contributed by atoms with Crippen LogP contribution < -0.4 is 5.32 Å². The predicted molar refractivity (Wildman–Crippen MR) is 68.9 cm³/mol. The number of carboxylic acid groups (broad SMARTS) is 1. The third-order valence-electron chi connectivity index (χ3n) is 4.02. The molecule has 2 N–H and O–H groups in total. The molecule has 0 aromatic rings. The van der Waals surface area contributed by atoms with Crippen molar-refractivity contribution in [3.63, 3.8) is 0 Å². The molecular weight excluding hydrogens is 248 g/mol. The first-order valence-electron chi connectivity index (χ1n) is 6.98. The van der Waals surface area contributed by atoms with Crippen LogP contribution >= 0.6 is 0 Å². The summed E-state index contributed by atoms with van der Waals surface area (Å²) in [6.07, 6.45) is 3.79. The first kappa shape index (κ1) is 14.1. The van der Waals surface area contributed by atoms with Crippen LogP contribution in [0.5, 0.6) is 0 Å². The number of urea groups is 1. The van der Waals surface area contributed by atoms with Gasteiger partial charge in [0.25, 0.3) is 0 Å². The van der Waals surface area contributed by atoms with E-state index in [0.717, 1.165) is 19.3 Å². The Hall–Kier alpha value is -1.30. The smallest absolute Gasteiger partial charge is 0.317 e. The first-order valence-corrected chi connectivity index (χ1v) is 6.98. The molecule has 0 aromatic heterocycles. The topological polar surface area (TPSA) is 78.9 Å². The van der Waals surface area contributed by atoms with Crippen LogP contribution in [0.25, 0.3) is 0 Å². The Bertz CT molecular complexity index is 348. The molecule has 0 aromatic carbocycles. The molecule has 3 atom stereocenters. The van der Waals surface area contributed by atoms with E-state index in [4.69, 9.17) is 9.84 Å². The van der Waals surface area contributed by atoms with Gasteiger partial charge in [0.1, 0.15) is 0 Å². The maximum Gasteiger partial charge on any atom is 0.317 e. The van der Waals surface area contributed by atoms with E-state index < -0.39 is 11.9 Å². The number of nitrogens with zero attached hydrogens (tertiary/aromatic N) is 1. The first-order chi connectivity index (χ1) is 9.09. The highest BCUT2D eigenvalue weighted by molar-refractivity contribution is 5.75. The Balaban J connectivity index is 1.77. The number of carbonyl (C=O) groups is 2. The van der Waals surface area contributed by atoms with Gasteiger partial charge in [-0.2, -0.15) is 0 Å². The van der Waals surface area contributed by atoms with Gasteiger partial charge in [-0.05, 0) is 25.7 Å². The van der Waals surface area contributed by atoms with Gasteiger partial charge in [-0.25, -0.2) is 4.79 Å². The largest absolute Gasteiger partial charge is 0.481 e. The van der Waals surface area contributed by atoms with E-state index in [1.165, 1.54) is 0 Å². The zero-order valence-electron chi connectivity index (χ0n) is 11.3. The van der Waals surface area contributed by atoms with Gasteiger partial charge in [-0.3, -0.25) is 4.79 Å². The zero-order valence-corrected chi connectivity index (χ0v) is 11.3. The second kappa shape index (κ2) is 6.23. The standard InChI is InChI=1S/C13H22N2O4/c1-9(12(16)17)5-6-14-13(18)15-7-8-19-11-4-2-3-10(11)15/h9-11H,2-8H2,1H3,(H,14,18)(H,16,17). The number of aliphatic carboxylic acids is 1. The molecule has 1 aliphatic carbocycles. The van der Waals surface area contributed by atoms with Crippen LogP contribution in [0, 0.1) is 5.92 Å². The van der Waals surface area contributed by atoms with Gasteiger partial charge >= 0.3 is 12.0 Å². The van der Waals surface area contributed by atoms with Gasteiger partial charge < -0.3 is 20.1 Å². The molecule has 1 heterocycles. The van der Waals surface area contributed by atoms with Crippen molar-refractivity contribution in [3.05, 3.63) is 0 Å². The highest BCUT2D eigenvalue weighted by Gasteiger charge is 2.38. The molecule has 2 rings (SSSR count). The summed E-state index contributed by atoms with van der Waals surface area (Å²) >= 11 is 0. The minimum absolute atomic E-state index is 0.0854. The quantitative estimate of drug-likeness (QED) is 0.800. The van der Waals surface area contributed by atoms with Crippen LogP contribution in [0.1, 0.15) is 32.6 Å². The molecule has 2 fully saturated rings. The van der Waals surface area contributed by atoms with Crippen molar-refractivity contribution in [2.24, 2.45) is 5.92 Å². The summed E-state index contributed by atoms with van der Waals surface area (Å²) in [4.78, 5) is 24.6. The Kier molecular flexibility index (Phi) is 4.63. The molecule has 3 unspecified atom stereocenters. The summed E-state index contributed by atoms with van der Waals surface area (Å²) in [7, 11) is 0. The van der Waals surface area contributed by atoms with Crippen LogP contribution in [0.3, 0.4) is 0 Å². The molecular formula is C13H22N2O4. The van der Waals surface area contributed by atoms with Gasteiger partial charge in [-0.1, -0.05) is 6.92 Å². The van der Waals surface area contributed by atoms with E-state index in [0.29, 0.717) is 26.1 Å². The Morgan fingerprint density at radius 1 is 1.47 bits per heavy atom. The van der Waals surface area contributed by atoms with Crippen molar-refractivity contribution in [1.29, 1.82) is 0 Å². The van der Waals surface area contributed by atoms with Crippen LogP contribution in [0.15, 0.2) is 0 Å². The van der Waals surface area contributed by atoms with Gasteiger partial charge in [0.05, 0.1) is 24.7 Å². The number of fused-ring (bicyclic) bond motifs is 1. The molecule has 108 valence electrons. The number of rotatable bonds is 4. The van der Waals surface area contributed by atoms with E-state index in [2.05, 4.69) is 5.32 Å². The van der Waals surface area contributed by atoms with E-state index in [1.807, 2.05) is 4.90 Å². The fourth-order valence-electron chi connectivity index (χ4n) is 2.80. The molecule has 2 aliphatic rings. The number of amides is 2. The van der Waals surface area contributed by atoms with E-state index in [-0.39, 0.29) is 18.2 Å². The second-order valence-corrected chi connectivity index (χ2v) is 5.36. The summed E-state index contributed by atoms with van der Waals surface area (Å²) in [5.74, 6) is -1.25. The molecule has 6 heteroatoms. The van der Waals surface area contributed by atoms with Gasteiger partial charge in [-0.15, -0.1) is 0 Å². The number of nitrogens with one attached hydrogen (secondary N) is 1. The van der Waals surface area contributed by atoms with Gasteiger partial charge in [0.2, 0.25) is 0 Å². The van der Waals surface area contributed by atoms with E-state index in [9.17, 15) is 9.59 Å². The zero-order chi connectivity index (χ0) is 13.8. The van der Waals surface area contributed by atoms with Crippen LogP contribution in [0.4, 0.5) is 4.79 Å². The van der Waals surface area contributed by atoms with Crippen LogP contribution in [-0.4, -0.2) is 53.8 Å². The van der Waals surface area contributed by atoms with Crippen LogP contribution in [0.2, 0.25) is 0 Å². The number of carbonyl (C=O) groups excluding carboxylic acids is 1. The molecule has 6 nitrogen and oxygen atoms in total. The number of carboxylic acids is 1. The van der Waals surface area contributed by atoms with Crippen molar-refractivity contribution in [2.75, 3.05) is 19.7 Å². The van der Waals surface area contributed by atoms with Gasteiger partial charge in [0, 0.05) is 13.1 Å². The minimum atomic E-state index is -0.823. The predicted octanol–water partition coefficient (Wildman–Crippen LogP) is 1.06. The Morgan fingerprint density at radius 3 is 3.00 bits per heavy atom. The Labute approximate surface area is 113 Å². The van der Waals surface area contributed by atoms with Crippen molar-refractivity contribution in [3.8, 4) is 0 Å². The van der Waals surface area contributed by atoms with E-state index >= 15 is 0 Å². The number of ether oxygens (including phenoxy) is 1. The minimum Gasteiger partial charge on any atom is -0.481 e. The third kappa shape index (κ3) is 3.37. The molecule has 1 aliphatic heterocycles. The number of hydrogen-bond acceptors (Lipinski definition) is 3. The molecule has 0 radical (unpaired) electrons. The summed E-state index contributed by atoms with van der Waals surface area (Å²) in [6.45, 7) is 3.28. The highest BCUT2D eigenvalue weighted by atomic mass is 16.5. The number of hydrogen-bond donors (Lipinski definition) is 2. The molecule has 1 saturated carbocycles. The SMILES string of the molecule is CC(CCNC(=O)N1CCOC2CCCC21)C(=O)O. The lowest BCUT2D eigenvalue weighted by Gasteiger charge is -2.37. The highest BCUT2D eigenvalue weighted by Crippen LogP contribution is 2.29. The van der Waals surface area contributed by atoms with Crippen molar-refractivity contribution in [2.45, 2.75) is 44.8 Å². The molecule has 2 amide bonds. The Morgan fingerprint density at radius 2 is 2.26 bits per heavy atom. The second-order valence-electron chi connectivity index (χ2n) is 5.36.